The molecule has 0 unspecified atom stereocenters. The predicted molar refractivity (Wildman–Crippen MR) is 65.0 cm³/mol. The molecule has 2 rings (SSSR count). The minimum atomic E-state index is -1.06. The Labute approximate surface area is 101 Å². The Morgan fingerprint density at radius 2 is 2.35 bits per heavy atom. The Morgan fingerprint density at radius 1 is 1.53 bits per heavy atom. The number of hydrogen-bond acceptors (Lipinski definition) is 6. The second-order valence-corrected chi connectivity index (χ2v) is 4.23. The van der Waals surface area contributed by atoms with Crippen LogP contribution in [0, 0.1) is 0 Å². The lowest BCUT2D eigenvalue weighted by atomic mass is 10.2. The number of nitrogens with zero attached hydrogens (tertiary/aromatic N) is 2. The maximum atomic E-state index is 11.0. The van der Waals surface area contributed by atoms with Crippen molar-refractivity contribution >= 4 is 28.8 Å². The second-order valence-electron chi connectivity index (χ2n) is 3.25. The number of thiazole rings is 1. The molecule has 88 valence electrons. The number of nitrogens with one attached hydrogen (secondary N) is 1. The van der Waals surface area contributed by atoms with Crippen LogP contribution < -0.4 is 11.1 Å². The zero-order chi connectivity index (χ0) is 12.3. The van der Waals surface area contributed by atoms with Crippen molar-refractivity contribution in [2.24, 2.45) is 0 Å². The third-order valence-electron chi connectivity index (χ3n) is 2.03. The van der Waals surface area contributed by atoms with Gasteiger partial charge in [0.15, 0.2) is 0 Å². The third kappa shape index (κ3) is 2.70. The number of pyridine rings is 1. The smallest absolute Gasteiger partial charge is 0.339 e. The number of carboxylic acids is 1. The monoisotopic (exact) mass is 250 g/mol. The fraction of sp³-hybridized carbons (Fsp3) is 0.100. The van der Waals surface area contributed by atoms with E-state index in [0.29, 0.717) is 18.1 Å². The molecule has 0 bridgehead atoms. The molecule has 0 aliphatic heterocycles. The van der Waals surface area contributed by atoms with E-state index in [9.17, 15) is 4.79 Å². The van der Waals surface area contributed by atoms with Gasteiger partial charge in [0.1, 0.15) is 16.4 Å². The minimum absolute atomic E-state index is 0.0570. The van der Waals surface area contributed by atoms with Gasteiger partial charge in [0.25, 0.3) is 0 Å². The van der Waals surface area contributed by atoms with Crippen molar-refractivity contribution in [3.8, 4) is 0 Å². The van der Waals surface area contributed by atoms with Crippen molar-refractivity contribution in [3.05, 3.63) is 34.4 Å². The first-order valence-electron chi connectivity index (χ1n) is 4.78. The predicted octanol–water partition coefficient (Wildman–Crippen LogP) is 1.43. The molecule has 2 heterocycles. The number of nitrogens with two attached hydrogens (primary N) is 1. The summed E-state index contributed by atoms with van der Waals surface area (Å²) >= 11 is 1.49. The van der Waals surface area contributed by atoms with Crippen LogP contribution in [0.25, 0.3) is 0 Å². The quantitative estimate of drug-likeness (QED) is 0.758. The summed E-state index contributed by atoms with van der Waals surface area (Å²) in [7, 11) is 0. The van der Waals surface area contributed by atoms with E-state index in [0.717, 1.165) is 5.01 Å². The minimum Gasteiger partial charge on any atom is -0.478 e. The van der Waals surface area contributed by atoms with E-state index < -0.39 is 5.97 Å². The molecule has 0 aliphatic carbocycles. The molecule has 0 saturated heterocycles. The molecule has 6 nitrogen and oxygen atoms in total. The van der Waals surface area contributed by atoms with Crippen LogP contribution in [0.1, 0.15) is 15.4 Å². The lowest BCUT2D eigenvalue weighted by Crippen LogP contribution is -2.09. The molecule has 0 atom stereocenters. The van der Waals surface area contributed by atoms with E-state index in [1.54, 1.807) is 6.20 Å². The summed E-state index contributed by atoms with van der Waals surface area (Å²) in [6, 6.07) is 1.37. The van der Waals surface area contributed by atoms with Crippen LogP contribution in [-0.4, -0.2) is 21.0 Å². The van der Waals surface area contributed by atoms with Gasteiger partial charge in [0.2, 0.25) is 0 Å². The zero-order valence-electron chi connectivity index (χ0n) is 8.75. The van der Waals surface area contributed by atoms with Gasteiger partial charge >= 0.3 is 5.97 Å². The summed E-state index contributed by atoms with van der Waals surface area (Å²) in [5, 5.41) is 14.6. The van der Waals surface area contributed by atoms with Gasteiger partial charge in [-0.05, 0) is 6.07 Å². The summed E-state index contributed by atoms with van der Waals surface area (Å²) in [5.74, 6) is -0.770. The lowest BCUT2D eigenvalue weighted by Gasteiger charge is -2.07. The highest BCUT2D eigenvalue weighted by atomic mass is 32.1. The number of rotatable bonds is 4. The highest BCUT2D eigenvalue weighted by Crippen LogP contribution is 2.16. The van der Waals surface area contributed by atoms with E-state index in [1.165, 1.54) is 23.6 Å². The van der Waals surface area contributed by atoms with Crippen molar-refractivity contribution in [1.29, 1.82) is 0 Å². The van der Waals surface area contributed by atoms with Crippen LogP contribution in [0.4, 0.5) is 11.5 Å². The maximum absolute atomic E-state index is 11.0. The highest BCUT2D eigenvalue weighted by Gasteiger charge is 2.11. The normalized spacial score (nSPS) is 10.1. The third-order valence-corrected chi connectivity index (χ3v) is 2.81. The summed E-state index contributed by atoms with van der Waals surface area (Å²) in [6.07, 6.45) is 3.10. The van der Waals surface area contributed by atoms with Gasteiger partial charge in [-0.3, -0.25) is 0 Å². The van der Waals surface area contributed by atoms with Gasteiger partial charge in [-0.25, -0.2) is 14.8 Å². The highest BCUT2D eigenvalue weighted by molar-refractivity contribution is 7.09. The molecule has 0 amide bonds. The average molecular weight is 250 g/mol. The molecule has 2 aromatic heterocycles. The molecule has 0 saturated carbocycles. The number of hydrogen-bond donors (Lipinski definition) is 3. The lowest BCUT2D eigenvalue weighted by molar-refractivity contribution is 0.0697. The van der Waals surface area contributed by atoms with Crippen LogP contribution in [-0.2, 0) is 6.54 Å². The van der Waals surface area contributed by atoms with Gasteiger partial charge in [-0.15, -0.1) is 11.3 Å². The Balaban J connectivity index is 2.17. The Hall–Kier alpha value is -2.15. The Bertz CT molecular complexity index is 527. The van der Waals surface area contributed by atoms with Gasteiger partial charge < -0.3 is 16.2 Å². The first-order chi connectivity index (χ1) is 8.16. The van der Waals surface area contributed by atoms with Crippen LogP contribution in [0.5, 0.6) is 0 Å². The van der Waals surface area contributed by atoms with E-state index in [-0.39, 0.29) is 5.56 Å². The second kappa shape index (κ2) is 4.79. The van der Waals surface area contributed by atoms with Crippen LogP contribution in [0.15, 0.2) is 23.8 Å². The fourth-order valence-electron chi connectivity index (χ4n) is 1.28. The topological polar surface area (TPSA) is 101 Å². The molecule has 0 spiro atoms. The number of anilines is 2. The molecule has 4 N–H and O–H groups in total. The summed E-state index contributed by atoms with van der Waals surface area (Å²) in [5.41, 5.74) is 5.87. The first kappa shape index (κ1) is 11.3. The summed E-state index contributed by atoms with van der Waals surface area (Å²) in [4.78, 5) is 19.0. The number of aromatic nitrogens is 2. The number of nitrogen functional groups attached to an aromatic ring is 1. The SMILES string of the molecule is Nc1cnc(NCc2nccs2)c(C(=O)O)c1. The molecule has 0 aromatic carbocycles. The van der Waals surface area contributed by atoms with Gasteiger partial charge in [0.05, 0.1) is 18.4 Å². The molecule has 0 radical (unpaired) electrons. The maximum Gasteiger partial charge on any atom is 0.339 e. The first-order valence-corrected chi connectivity index (χ1v) is 5.66. The molecule has 0 fully saturated rings. The van der Waals surface area contributed by atoms with Gasteiger partial charge in [-0.2, -0.15) is 0 Å². The molecule has 2 aromatic rings. The van der Waals surface area contributed by atoms with E-state index in [1.807, 2.05) is 5.38 Å². The van der Waals surface area contributed by atoms with Crippen molar-refractivity contribution < 1.29 is 9.90 Å². The summed E-state index contributed by atoms with van der Waals surface area (Å²) in [6.45, 7) is 0.439. The van der Waals surface area contributed by atoms with E-state index in [2.05, 4.69) is 15.3 Å². The molecule has 7 heteroatoms. The standard InChI is InChI=1S/C10H10N4O2S/c11-6-3-7(10(15)16)9(13-4-6)14-5-8-12-1-2-17-8/h1-4H,5,11H2,(H,13,14)(H,15,16). The molecule has 17 heavy (non-hydrogen) atoms. The average Bonchev–Trinajstić information content (AvgIpc) is 2.80. The van der Waals surface area contributed by atoms with Crippen LogP contribution >= 0.6 is 11.3 Å². The van der Waals surface area contributed by atoms with Crippen LogP contribution in [0.3, 0.4) is 0 Å². The van der Waals surface area contributed by atoms with Crippen LogP contribution in [0.2, 0.25) is 0 Å². The summed E-state index contributed by atoms with van der Waals surface area (Å²) < 4.78 is 0. The molecular weight excluding hydrogens is 240 g/mol. The number of carboxylic acid groups (broad SMARTS) is 1. The Morgan fingerprint density at radius 3 is 3.00 bits per heavy atom. The van der Waals surface area contributed by atoms with E-state index >= 15 is 0 Å². The number of aromatic carboxylic acids is 1. The van der Waals surface area contributed by atoms with E-state index in [4.69, 9.17) is 10.8 Å². The molecule has 0 aliphatic rings. The fourth-order valence-corrected chi connectivity index (χ4v) is 1.84. The van der Waals surface area contributed by atoms with Crippen molar-refractivity contribution in [2.75, 3.05) is 11.1 Å². The van der Waals surface area contributed by atoms with Gasteiger partial charge in [0, 0.05) is 11.6 Å². The Kier molecular flexibility index (Phi) is 3.20. The van der Waals surface area contributed by atoms with Gasteiger partial charge in [-0.1, -0.05) is 0 Å². The largest absolute Gasteiger partial charge is 0.478 e. The molecular formula is C10H10N4O2S. The number of carbonyl (C=O) groups is 1. The van der Waals surface area contributed by atoms with Crippen molar-refractivity contribution in [3.63, 3.8) is 0 Å². The van der Waals surface area contributed by atoms with Crippen molar-refractivity contribution in [2.45, 2.75) is 6.54 Å². The van der Waals surface area contributed by atoms with Crippen molar-refractivity contribution in [1.82, 2.24) is 9.97 Å². The zero-order valence-corrected chi connectivity index (χ0v) is 9.57.